The van der Waals surface area contributed by atoms with Crippen molar-refractivity contribution in [1.29, 1.82) is 0 Å². The first-order chi connectivity index (χ1) is 18.6. The first-order valence-electron chi connectivity index (χ1n) is 12.5. The van der Waals surface area contributed by atoms with Gasteiger partial charge in [-0.15, -0.1) is 0 Å². The fourth-order valence-electron chi connectivity index (χ4n) is 4.06. The molecule has 8 heteroatoms. The van der Waals surface area contributed by atoms with E-state index in [0.29, 0.717) is 16.7 Å². The zero-order valence-corrected chi connectivity index (χ0v) is 23.6. The van der Waals surface area contributed by atoms with Gasteiger partial charge in [-0.05, 0) is 74.4 Å². The van der Waals surface area contributed by atoms with Crippen LogP contribution in [0.25, 0.3) is 11.1 Å². The number of carbonyl (C=O) groups is 4. The van der Waals surface area contributed by atoms with Gasteiger partial charge in [0, 0.05) is 27.9 Å². The van der Waals surface area contributed by atoms with Crippen LogP contribution in [0.5, 0.6) is 23.0 Å². The molecule has 1 aliphatic carbocycles. The molecular weight excluding hydrogens is 512 g/mol. The summed E-state index contributed by atoms with van der Waals surface area (Å²) < 4.78 is 22.3. The first kappa shape index (κ1) is 29.8. The van der Waals surface area contributed by atoms with E-state index in [-0.39, 0.29) is 57.1 Å². The Hall–Kier alpha value is -4.72. The summed E-state index contributed by atoms with van der Waals surface area (Å²) in [5, 5.41) is 0. The lowest BCUT2D eigenvalue weighted by Gasteiger charge is -2.33. The maximum absolute atomic E-state index is 12.6. The summed E-state index contributed by atoms with van der Waals surface area (Å²) >= 11 is 0. The zero-order valence-electron chi connectivity index (χ0n) is 23.6. The van der Waals surface area contributed by atoms with Crippen molar-refractivity contribution in [3.63, 3.8) is 0 Å². The van der Waals surface area contributed by atoms with Gasteiger partial charge in [0.25, 0.3) is 0 Å². The van der Waals surface area contributed by atoms with Crippen LogP contribution < -0.4 is 18.9 Å². The molecule has 3 rings (SSSR count). The van der Waals surface area contributed by atoms with Crippen molar-refractivity contribution in [3.8, 4) is 34.1 Å². The van der Waals surface area contributed by atoms with Gasteiger partial charge in [-0.1, -0.05) is 46.2 Å². The number of ether oxygens (including phenoxy) is 4. The van der Waals surface area contributed by atoms with Gasteiger partial charge in [0.05, 0.1) is 0 Å². The van der Waals surface area contributed by atoms with Crippen molar-refractivity contribution in [2.75, 3.05) is 0 Å². The number of hydrogen-bond donors (Lipinski definition) is 0. The molecule has 0 heterocycles. The van der Waals surface area contributed by atoms with Gasteiger partial charge in [0.1, 0.15) is 0 Å². The molecule has 0 saturated carbocycles. The molecule has 0 aliphatic heterocycles. The Labute approximate surface area is 233 Å². The first-order valence-corrected chi connectivity index (χ1v) is 12.5. The highest BCUT2D eigenvalue weighted by Crippen LogP contribution is 2.54. The van der Waals surface area contributed by atoms with Crippen LogP contribution in [0, 0.1) is 0 Å². The predicted molar refractivity (Wildman–Crippen MR) is 151 cm³/mol. The summed E-state index contributed by atoms with van der Waals surface area (Å²) in [4.78, 5) is 49.9. The average Bonchev–Trinajstić information content (AvgIpc) is 2.88. The van der Waals surface area contributed by atoms with E-state index in [4.69, 9.17) is 18.9 Å². The summed E-state index contributed by atoms with van der Waals surface area (Å²) in [6, 6.07) is 6.47. The van der Waals surface area contributed by atoms with E-state index in [2.05, 4.69) is 26.3 Å². The predicted octanol–water partition coefficient (Wildman–Crippen LogP) is 6.50. The molecule has 0 aromatic heterocycles. The standard InChI is InChI=1S/C32H32O8/c1-15(2)29(33)37-24-12-11-21-23-14-26(39-31(35)17(5)6)25(38-30(34)16(3)4)13-22(23)19(9)20(10)27(21)28(24)40-32(36)18(7)8/h11-14,19-20H,1,3,5,7H2,2,4,6,8-10H3. The van der Waals surface area contributed by atoms with Crippen LogP contribution in [0.2, 0.25) is 0 Å². The molecule has 40 heavy (non-hydrogen) atoms. The summed E-state index contributed by atoms with van der Waals surface area (Å²) in [5.41, 5.74) is 3.33. The van der Waals surface area contributed by atoms with Crippen molar-refractivity contribution in [2.45, 2.75) is 53.4 Å². The Morgan fingerprint density at radius 3 is 1.48 bits per heavy atom. The van der Waals surface area contributed by atoms with Crippen LogP contribution in [0.1, 0.15) is 64.5 Å². The second-order valence-corrected chi connectivity index (χ2v) is 10.00. The molecule has 0 amide bonds. The minimum absolute atomic E-state index is 0.00711. The minimum Gasteiger partial charge on any atom is -0.419 e. The van der Waals surface area contributed by atoms with E-state index in [0.717, 1.165) is 5.56 Å². The highest BCUT2D eigenvalue weighted by atomic mass is 16.6. The fourth-order valence-corrected chi connectivity index (χ4v) is 4.06. The van der Waals surface area contributed by atoms with E-state index in [9.17, 15) is 19.2 Å². The molecule has 208 valence electrons. The summed E-state index contributed by atoms with van der Waals surface area (Å²) in [7, 11) is 0. The molecule has 0 fully saturated rings. The third-order valence-corrected chi connectivity index (χ3v) is 6.46. The van der Waals surface area contributed by atoms with E-state index in [1.807, 2.05) is 13.8 Å². The molecule has 1 aliphatic rings. The van der Waals surface area contributed by atoms with Gasteiger partial charge in [-0.3, -0.25) is 0 Å². The maximum atomic E-state index is 12.6. The van der Waals surface area contributed by atoms with Crippen LogP contribution in [0.4, 0.5) is 0 Å². The van der Waals surface area contributed by atoms with Crippen molar-refractivity contribution in [2.24, 2.45) is 0 Å². The minimum atomic E-state index is -0.705. The summed E-state index contributed by atoms with van der Waals surface area (Å²) in [5.74, 6) is -3.06. The van der Waals surface area contributed by atoms with Crippen LogP contribution in [-0.2, 0) is 19.2 Å². The van der Waals surface area contributed by atoms with Crippen LogP contribution in [0.3, 0.4) is 0 Å². The summed E-state index contributed by atoms with van der Waals surface area (Å²) in [6.45, 7) is 24.4. The SMILES string of the molecule is C=C(C)C(=O)Oc1cc2c(cc1OC(=O)C(=C)C)C(C)C(C)c1c-2ccc(OC(=O)C(=C)C)c1OC(=O)C(=C)C. The van der Waals surface area contributed by atoms with E-state index in [1.165, 1.54) is 33.8 Å². The monoisotopic (exact) mass is 544 g/mol. The smallest absolute Gasteiger partial charge is 0.338 e. The van der Waals surface area contributed by atoms with Gasteiger partial charge in [-0.25, -0.2) is 19.2 Å². The van der Waals surface area contributed by atoms with Gasteiger partial charge in [0.15, 0.2) is 23.0 Å². The molecule has 8 nitrogen and oxygen atoms in total. The molecular formula is C32H32O8. The lowest BCUT2D eigenvalue weighted by atomic mass is 9.72. The number of esters is 4. The molecule has 2 aromatic carbocycles. The zero-order chi connectivity index (χ0) is 30.0. The fraction of sp³-hybridized carbons (Fsp3) is 0.250. The van der Waals surface area contributed by atoms with Crippen LogP contribution in [-0.4, -0.2) is 23.9 Å². The molecule has 0 N–H and O–H groups in total. The van der Waals surface area contributed by atoms with Crippen molar-refractivity contribution >= 4 is 23.9 Å². The molecule has 2 unspecified atom stereocenters. The number of carbonyl (C=O) groups excluding carboxylic acids is 4. The quantitative estimate of drug-likeness (QED) is 0.211. The highest BCUT2D eigenvalue weighted by Gasteiger charge is 2.35. The molecule has 0 bridgehead atoms. The van der Waals surface area contributed by atoms with Gasteiger partial charge in [-0.2, -0.15) is 0 Å². The molecule has 0 radical (unpaired) electrons. The molecule has 2 atom stereocenters. The number of rotatable bonds is 8. The van der Waals surface area contributed by atoms with E-state index in [1.54, 1.807) is 18.2 Å². The highest BCUT2D eigenvalue weighted by molar-refractivity contribution is 5.94. The lowest BCUT2D eigenvalue weighted by Crippen LogP contribution is -2.20. The third-order valence-electron chi connectivity index (χ3n) is 6.46. The Balaban J connectivity index is 2.32. The normalized spacial score (nSPS) is 15.1. The summed E-state index contributed by atoms with van der Waals surface area (Å²) in [6.07, 6.45) is 0. The van der Waals surface area contributed by atoms with Crippen LogP contribution >= 0.6 is 0 Å². The Morgan fingerprint density at radius 2 is 1.00 bits per heavy atom. The molecule has 0 saturated heterocycles. The second kappa shape index (κ2) is 11.6. The van der Waals surface area contributed by atoms with Crippen LogP contribution in [0.15, 0.2) is 72.9 Å². The van der Waals surface area contributed by atoms with Crippen molar-refractivity contribution in [3.05, 3.63) is 84.0 Å². The third kappa shape index (κ3) is 5.96. The molecule has 0 spiro atoms. The average molecular weight is 545 g/mol. The Morgan fingerprint density at radius 1 is 0.575 bits per heavy atom. The topological polar surface area (TPSA) is 105 Å². The van der Waals surface area contributed by atoms with Gasteiger partial charge >= 0.3 is 23.9 Å². The Bertz CT molecular complexity index is 1480. The lowest BCUT2D eigenvalue weighted by molar-refractivity contribution is -0.132. The van der Waals surface area contributed by atoms with E-state index >= 15 is 0 Å². The second-order valence-electron chi connectivity index (χ2n) is 10.00. The van der Waals surface area contributed by atoms with Crippen molar-refractivity contribution in [1.82, 2.24) is 0 Å². The number of fused-ring (bicyclic) bond motifs is 3. The van der Waals surface area contributed by atoms with E-state index < -0.39 is 23.9 Å². The maximum Gasteiger partial charge on any atom is 0.338 e. The van der Waals surface area contributed by atoms with Gasteiger partial charge < -0.3 is 18.9 Å². The number of benzene rings is 2. The molecule has 2 aromatic rings. The largest absolute Gasteiger partial charge is 0.419 e. The Kier molecular flexibility index (Phi) is 8.63. The van der Waals surface area contributed by atoms with Gasteiger partial charge in [0.2, 0.25) is 0 Å². The number of hydrogen-bond acceptors (Lipinski definition) is 8. The van der Waals surface area contributed by atoms with Crippen molar-refractivity contribution < 1.29 is 38.1 Å².